The van der Waals surface area contributed by atoms with Crippen molar-refractivity contribution >= 4 is 23.3 Å². The second-order valence-corrected chi connectivity index (χ2v) is 7.06. The number of carbonyl (C=O) groups excluding carboxylic acids is 2. The molecule has 0 saturated heterocycles. The summed E-state index contributed by atoms with van der Waals surface area (Å²) in [5.41, 5.74) is 5.06. The molecular weight excluding hydrogens is 366 g/mol. The van der Waals surface area contributed by atoms with Gasteiger partial charge in [0.15, 0.2) is 0 Å². The lowest BCUT2D eigenvalue weighted by molar-refractivity contribution is -0.116. The molecule has 1 aromatic heterocycles. The van der Waals surface area contributed by atoms with Gasteiger partial charge in [-0.05, 0) is 51.1 Å². The molecule has 1 heterocycles. The van der Waals surface area contributed by atoms with Crippen LogP contribution in [0, 0.1) is 20.8 Å². The maximum Gasteiger partial charge on any atom is 0.322 e. The molecule has 2 N–H and O–H groups in total. The zero-order valence-corrected chi connectivity index (χ0v) is 17.1. The highest BCUT2D eigenvalue weighted by Gasteiger charge is 2.16. The van der Waals surface area contributed by atoms with Crippen molar-refractivity contribution < 1.29 is 9.59 Å². The summed E-state index contributed by atoms with van der Waals surface area (Å²) in [6.45, 7) is 5.79. The van der Waals surface area contributed by atoms with Gasteiger partial charge in [0.2, 0.25) is 5.91 Å². The minimum atomic E-state index is -0.377. The number of para-hydroxylation sites is 2. The predicted molar refractivity (Wildman–Crippen MR) is 114 cm³/mol. The van der Waals surface area contributed by atoms with Crippen LogP contribution in [0.5, 0.6) is 0 Å². The molecule has 0 spiro atoms. The molecule has 2 aromatic carbocycles. The number of nitrogens with one attached hydrogen (secondary N) is 2. The Kier molecular flexibility index (Phi) is 5.97. The van der Waals surface area contributed by atoms with Crippen molar-refractivity contribution in [3.8, 4) is 5.69 Å². The summed E-state index contributed by atoms with van der Waals surface area (Å²) >= 11 is 0. The number of carbonyl (C=O) groups is 2. The molecule has 150 valence electrons. The molecule has 3 aromatic rings. The summed E-state index contributed by atoms with van der Waals surface area (Å²) in [4.78, 5) is 26.2. The Hall–Kier alpha value is -3.61. The van der Waals surface area contributed by atoms with Gasteiger partial charge >= 0.3 is 6.03 Å². The number of benzene rings is 2. The van der Waals surface area contributed by atoms with E-state index in [9.17, 15) is 9.59 Å². The third-order valence-electron chi connectivity index (χ3n) is 4.45. The number of likely N-dealkylation sites (N-methyl/N-ethyl adjacent to an activating group) is 1. The highest BCUT2D eigenvalue weighted by molar-refractivity contribution is 5.97. The highest BCUT2D eigenvalue weighted by Crippen LogP contribution is 2.22. The van der Waals surface area contributed by atoms with E-state index in [1.54, 1.807) is 11.7 Å². The topological polar surface area (TPSA) is 79.3 Å². The largest absolute Gasteiger partial charge is 0.325 e. The number of hydrogen-bond acceptors (Lipinski definition) is 3. The number of anilines is 2. The summed E-state index contributed by atoms with van der Waals surface area (Å²) < 4.78 is 1.79. The van der Waals surface area contributed by atoms with Gasteiger partial charge in [-0.15, -0.1) is 0 Å². The lowest BCUT2D eigenvalue weighted by Gasteiger charge is -2.19. The molecule has 0 fully saturated rings. The lowest BCUT2D eigenvalue weighted by Crippen LogP contribution is -2.37. The van der Waals surface area contributed by atoms with Crippen LogP contribution in [0.3, 0.4) is 0 Å². The van der Waals surface area contributed by atoms with Crippen molar-refractivity contribution in [1.29, 1.82) is 0 Å². The predicted octanol–water partition coefficient (Wildman–Crippen LogP) is 3.90. The summed E-state index contributed by atoms with van der Waals surface area (Å²) in [5, 5.41) is 10.1. The number of aryl methyl sites for hydroxylation is 3. The molecule has 7 nitrogen and oxygen atoms in total. The van der Waals surface area contributed by atoms with Gasteiger partial charge in [-0.1, -0.05) is 29.8 Å². The van der Waals surface area contributed by atoms with Gasteiger partial charge in [0, 0.05) is 18.4 Å². The highest BCUT2D eigenvalue weighted by atomic mass is 16.2. The Morgan fingerprint density at radius 1 is 1.00 bits per heavy atom. The monoisotopic (exact) mass is 391 g/mol. The Labute approximate surface area is 170 Å². The first-order valence-electron chi connectivity index (χ1n) is 9.35. The SMILES string of the molecule is Cc1ccc(NC(=O)CN(C)C(=O)Nc2ccccc2-n2nc(C)cc2C)cc1. The number of urea groups is 1. The first-order valence-corrected chi connectivity index (χ1v) is 9.35. The van der Waals surface area contributed by atoms with E-state index < -0.39 is 0 Å². The average molecular weight is 391 g/mol. The van der Waals surface area contributed by atoms with Crippen molar-refractivity contribution in [2.45, 2.75) is 20.8 Å². The fraction of sp³-hybridized carbons (Fsp3) is 0.227. The number of aromatic nitrogens is 2. The van der Waals surface area contributed by atoms with Crippen molar-refractivity contribution in [3.63, 3.8) is 0 Å². The van der Waals surface area contributed by atoms with Crippen LogP contribution in [0.25, 0.3) is 5.69 Å². The van der Waals surface area contributed by atoms with E-state index in [1.807, 2.05) is 75.4 Å². The van der Waals surface area contributed by atoms with Crippen LogP contribution >= 0.6 is 0 Å². The minimum Gasteiger partial charge on any atom is -0.325 e. The van der Waals surface area contributed by atoms with Crippen LogP contribution in [0.4, 0.5) is 16.2 Å². The first kappa shape index (κ1) is 20.1. The van der Waals surface area contributed by atoms with Gasteiger partial charge in [-0.25, -0.2) is 9.48 Å². The summed E-state index contributed by atoms with van der Waals surface area (Å²) in [6.07, 6.45) is 0. The molecule has 0 radical (unpaired) electrons. The van der Waals surface area contributed by atoms with Gasteiger partial charge in [-0.3, -0.25) is 4.79 Å². The maximum absolute atomic E-state index is 12.6. The van der Waals surface area contributed by atoms with Crippen molar-refractivity contribution in [2.24, 2.45) is 0 Å². The van der Waals surface area contributed by atoms with Gasteiger partial charge in [-0.2, -0.15) is 5.10 Å². The molecule has 0 bridgehead atoms. The van der Waals surface area contributed by atoms with E-state index in [2.05, 4.69) is 15.7 Å². The molecular formula is C22H25N5O2. The normalized spacial score (nSPS) is 10.5. The molecule has 29 heavy (non-hydrogen) atoms. The van der Waals surface area contributed by atoms with Crippen LogP contribution < -0.4 is 10.6 Å². The molecule has 3 rings (SSSR count). The summed E-state index contributed by atoms with van der Waals surface area (Å²) in [6, 6.07) is 16.5. The van der Waals surface area contributed by atoms with Crippen LogP contribution in [0.15, 0.2) is 54.6 Å². The van der Waals surface area contributed by atoms with Gasteiger partial charge in [0.25, 0.3) is 0 Å². The van der Waals surface area contributed by atoms with E-state index in [4.69, 9.17) is 0 Å². The smallest absolute Gasteiger partial charge is 0.322 e. The number of rotatable bonds is 5. The maximum atomic E-state index is 12.6. The molecule has 0 unspecified atom stereocenters. The Balaban J connectivity index is 1.66. The number of nitrogens with zero attached hydrogens (tertiary/aromatic N) is 3. The van der Waals surface area contributed by atoms with Crippen LogP contribution in [0.1, 0.15) is 17.0 Å². The second kappa shape index (κ2) is 8.60. The Bertz CT molecular complexity index is 1020. The molecule has 0 aliphatic carbocycles. The van der Waals surface area contributed by atoms with Crippen LogP contribution in [0.2, 0.25) is 0 Å². The quantitative estimate of drug-likeness (QED) is 0.692. The van der Waals surface area contributed by atoms with Crippen molar-refractivity contribution in [3.05, 3.63) is 71.5 Å². The average Bonchev–Trinajstić information content (AvgIpc) is 3.02. The number of hydrogen-bond donors (Lipinski definition) is 2. The van der Waals surface area contributed by atoms with Gasteiger partial charge in [0.1, 0.15) is 6.54 Å². The van der Waals surface area contributed by atoms with E-state index in [-0.39, 0.29) is 18.5 Å². The minimum absolute atomic E-state index is 0.0677. The summed E-state index contributed by atoms with van der Waals surface area (Å²) in [5.74, 6) is -0.265. The summed E-state index contributed by atoms with van der Waals surface area (Å²) in [7, 11) is 1.58. The van der Waals surface area contributed by atoms with Gasteiger partial charge in [0.05, 0.1) is 17.1 Å². The van der Waals surface area contributed by atoms with Crippen LogP contribution in [-0.2, 0) is 4.79 Å². The standard InChI is InChI=1S/C22H25N5O2/c1-15-9-11-18(12-10-15)23-21(28)14-26(4)22(29)24-19-7-5-6-8-20(19)27-17(3)13-16(2)25-27/h5-13H,14H2,1-4H3,(H,23,28)(H,24,29). The third kappa shape index (κ3) is 5.01. The second-order valence-electron chi connectivity index (χ2n) is 7.06. The fourth-order valence-corrected chi connectivity index (χ4v) is 2.97. The lowest BCUT2D eigenvalue weighted by atomic mass is 10.2. The zero-order chi connectivity index (χ0) is 21.0. The first-order chi connectivity index (χ1) is 13.8. The van der Waals surface area contributed by atoms with E-state index in [1.165, 1.54) is 4.90 Å². The zero-order valence-electron chi connectivity index (χ0n) is 17.1. The Morgan fingerprint density at radius 3 is 2.34 bits per heavy atom. The van der Waals surface area contributed by atoms with Crippen molar-refractivity contribution in [1.82, 2.24) is 14.7 Å². The fourth-order valence-electron chi connectivity index (χ4n) is 2.97. The molecule has 7 heteroatoms. The third-order valence-corrected chi connectivity index (χ3v) is 4.45. The Morgan fingerprint density at radius 2 is 1.69 bits per heavy atom. The van der Waals surface area contributed by atoms with E-state index in [0.717, 1.165) is 22.6 Å². The molecule has 0 saturated carbocycles. The molecule has 3 amide bonds. The van der Waals surface area contributed by atoms with Gasteiger partial charge < -0.3 is 15.5 Å². The van der Waals surface area contributed by atoms with Crippen molar-refractivity contribution in [2.75, 3.05) is 24.2 Å². The van der Waals surface area contributed by atoms with E-state index >= 15 is 0 Å². The molecule has 0 atom stereocenters. The molecule has 0 aliphatic heterocycles. The van der Waals surface area contributed by atoms with Crippen LogP contribution in [-0.4, -0.2) is 40.2 Å². The number of amides is 3. The van der Waals surface area contributed by atoms with E-state index in [0.29, 0.717) is 11.4 Å². The molecule has 0 aliphatic rings.